The van der Waals surface area contributed by atoms with E-state index in [1.165, 1.54) is 6.42 Å². The van der Waals surface area contributed by atoms with E-state index in [-0.39, 0.29) is 24.2 Å². The predicted molar refractivity (Wildman–Crippen MR) is 138 cm³/mol. The SMILES string of the molecule is [C-]#[N+]c1ccc(-n2c(C)c(C(=O)CN3CCCCC3)c3ncc(CC(=O)N(C)C(C)C)cc32)cc1. The maximum absolute atomic E-state index is 13.5. The number of Topliss-reactive ketones (excluding diaryl/α,β-unsaturated/α-hetero) is 1. The molecule has 0 spiro atoms. The molecule has 4 rings (SSSR count). The van der Waals surface area contributed by atoms with Crippen LogP contribution in [-0.2, 0) is 11.2 Å². The second-order valence-corrected chi connectivity index (χ2v) is 9.67. The van der Waals surface area contributed by atoms with Crippen LogP contribution >= 0.6 is 0 Å². The molecule has 7 nitrogen and oxygen atoms in total. The van der Waals surface area contributed by atoms with E-state index in [0.717, 1.165) is 48.4 Å². The van der Waals surface area contributed by atoms with Crippen LogP contribution in [0.25, 0.3) is 21.6 Å². The maximum Gasteiger partial charge on any atom is 0.227 e. The lowest BCUT2D eigenvalue weighted by Crippen LogP contribution is -2.34. The Hall–Kier alpha value is -3.50. The van der Waals surface area contributed by atoms with Crippen LogP contribution < -0.4 is 0 Å². The Kier molecular flexibility index (Phi) is 7.32. The summed E-state index contributed by atoms with van der Waals surface area (Å²) < 4.78 is 2.03. The molecular weight excluding hydrogens is 438 g/mol. The number of nitrogens with zero attached hydrogens (tertiary/aromatic N) is 5. The Morgan fingerprint density at radius 2 is 1.83 bits per heavy atom. The van der Waals surface area contributed by atoms with E-state index < -0.39 is 0 Å². The molecule has 0 radical (unpaired) electrons. The molecule has 1 saturated heterocycles. The average Bonchev–Trinajstić information content (AvgIpc) is 3.15. The highest BCUT2D eigenvalue weighted by atomic mass is 16.2. The Morgan fingerprint density at radius 1 is 1.14 bits per heavy atom. The van der Waals surface area contributed by atoms with Crippen LogP contribution in [0.15, 0.2) is 36.5 Å². The van der Waals surface area contributed by atoms with Crippen LogP contribution in [0.3, 0.4) is 0 Å². The summed E-state index contributed by atoms with van der Waals surface area (Å²) >= 11 is 0. The molecule has 0 saturated carbocycles. The number of hydrogen-bond donors (Lipinski definition) is 0. The van der Waals surface area contributed by atoms with Crippen molar-refractivity contribution in [2.45, 2.75) is 52.5 Å². The van der Waals surface area contributed by atoms with Crippen LogP contribution in [0.2, 0.25) is 0 Å². The van der Waals surface area contributed by atoms with E-state index >= 15 is 0 Å². The van der Waals surface area contributed by atoms with Crippen molar-refractivity contribution in [3.05, 3.63) is 64.8 Å². The molecule has 2 aromatic heterocycles. The Balaban J connectivity index is 1.79. The van der Waals surface area contributed by atoms with Crippen molar-refractivity contribution in [2.75, 3.05) is 26.7 Å². The molecule has 1 aliphatic heterocycles. The lowest BCUT2D eigenvalue weighted by Gasteiger charge is -2.25. The zero-order valence-electron chi connectivity index (χ0n) is 21.0. The largest absolute Gasteiger partial charge is 0.343 e. The molecule has 1 fully saturated rings. The fraction of sp³-hybridized carbons (Fsp3) is 0.429. The van der Waals surface area contributed by atoms with Gasteiger partial charge < -0.3 is 9.47 Å². The van der Waals surface area contributed by atoms with Gasteiger partial charge in [0.05, 0.1) is 36.1 Å². The minimum absolute atomic E-state index is 0.0267. The number of carbonyl (C=O) groups excluding carboxylic acids is 2. The Bertz CT molecular complexity index is 1280. The number of ketones is 1. The van der Waals surface area contributed by atoms with E-state index in [2.05, 4.69) is 9.74 Å². The van der Waals surface area contributed by atoms with E-state index in [1.54, 1.807) is 23.2 Å². The summed E-state index contributed by atoms with van der Waals surface area (Å²) in [6.45, 7) is 15.5. The lowest BCUT2D eigenvalue weighted by molar-refractivity contribution is -0.130. The molecule has 0 bridgehead atoms. The standard InChI is InChI=1S/C28H33N5O2/c1-19(2)31(5)26(35)16-21-15-24-28(30-17-21)27(25(34)18-32-13-7-6-8-14-32)20(3)33(24)23-11-9-22(29-4)10-12-23/h9-12,15,17,19H,6-8,13-14,16,18H2,1-3,5H3. The van der Waals surface area contributed by atoms with Crippen molar-refractivity contribution in [3.8, 4) is 5.69 Å². The smallest absolute Gasteiger partial charge is 0.227 e. The molecule has 182 valence electrons. The number of hydrogen-bond acceptors (Lipinski definition) is 4. The minimum Gasteiger partial charge on any atom is -0.343 e. The second-order valence-electron chi connectivity index (χ2n) is 9.67. The van der Waals surface area contributed by atoms with Crippen LogP contribution in [0, 0.1) is 13.5 Å². The summed E-state index contributed by atoms with van der Waals surface area (Å²) in [5, 5.41) is 0. The van der Waals surface area contributed by atoms with Crippen LogP contribution in [0.4, 0.5) is 5.69 Å². The molecule has 0 atom stereocenters. The first kappa shape index (κ1) is 24.6. The molecule has 35 heavy (non-hydrogen) atoms. The zero-order chi connectivity index (χ0) is 25.1. The average molecular weight is 472 g/mol. The molecule has 3 heterocycles. The van der Waals surface area contributed by atoms with Gasteiger partial charge in [-0.15, -0.1) is 0 Å². The van der Waals surface area contributed by atoms with Crippen LogP contribution in [-0.4, -0.2) is 63.8 Å². The predicted octanol–water partition coefficient (Wildman–Crippen LogP) is 4.96. The first-order valence-corrected chi connectivity index (χ1v) is 12.3. The summed E-state index contributed by atoms with van der Waals surface area (Å²) in [5.41, 5.74) is 5.16. The van der Waals surface area contributed by atoms with Crippen molar-refractivity contribution >= 4 is 28.4 Å². The summed E-state index contributed by atoms with van der Waals surface area (Å²) in [7, 11) is 1.81. The number of amides is 1. The molecular formula is C28H33N5O2. The summed E-state index contributed by atoms with van der Waals surface area (Å²) in [6.07, 6.45) is 5.44. The van der Waals surface area contributed by atoms with Gasteiger partial charge in [-0.05, 0) is 70.5 Å². The van der Waals surface area contributed by atoms with Gasteiger partial charge >= 0.3 is 0 Å². The minimum atomic E-state index is 0.0267. The number of piperidine rings is 1. The normalized spacial score (nSPS) is 14.3. The third-order valence-electron chi connectivity index (χ3n) is 6.95. The summed E-state index contributed by atoms with van der Waals surface area (Å²) in [5.74, 6) is 0.0978. The summed E-state index contributed by atoms with van der Waals surface area (Å²) in [6, 6.07) is 9.43. The van der Waals surface area contributed by atoms with Crippen molar-refractivity contribution in [3.63, 3.8) is 0 Å². The Labute approximate surface area is 207 Å². The van der Waals surface area contributed by atoms with Gasteiger partial charge in [-0.2, -0.15) is 0 Å². The molecule has 0 aliphatic carbocycles. The van der Waals surface area contributed by atoms with Gasteiger partial charge in [0.2, 0.25) is 5.91 Å². The van der Waals surface area contributed by atoms with Gasteiger partial charge in [-0.1, -0.05) is 18.6 Å². The number of fused-ring (bicyclic) bond motifs is 1. The monoisotopic (exact) mass is 471 g/mol. The number of rotatable bonds is 7. The topological polar surface area (TPSA) is 62.8 Å². The van der Waals surface area contributed by atoms with Crippen molar-refractivity contribution in [1.82, 2.24) is 19.4 Å². The van der Waals surface area contributed by atoms with Crippen LogP contribution in [0.5, 0.6) is 0 Å². The highest BCUT2D eigenvalue weighted by Gasteiger charge is 2.25. The number of likely N-dealkylation sites (tertiary alicyclic amines) is 1. The number of likely N-dealkylation sites (N-methyl/N-ethyl adjacent to an activating group) is 1. The molecule has 3 aromatic rings. The van der Waals surface area contributed by atoms with Gasteiger partial charge in [-0.3, -0.25) is 19.5 Å². The number of pyridine rings is 1. The van der Waals surface area contributed by atoms with E-state index in [4.69, 9.17) is 11.6 Å². The van der Waals surface area contributed by atoms with E-state index in [1.807, 2.05) is 50.6 Å². The molecule has 0 unspecified atom stereocenters. The fourth-order valence-corrected chi connectivity index (χ4v) is 4.75. The van der Waals surface area contributed by atoms with Gasteiger partial charge in [0.25, 0.3) is 0 Å². The summed E-state index contributed by atoms with van der Waals surface area (Å²) in [4.78, 5) is 38.4. The quantitative estimate of drug-likeness (QED) is 0.361. The molecule has 1 amide bonds. The van der Waals surface area contributed by atoms with Crippen molar-refractivity contribution in [2.24, 2.45) is 0 Å². The number of carbonyl (C=O) groups is 2. The molecule has 0 N–H and O–H groups in total. The van der Waals surface area contributed by atoms with Crippen molar-refractivity contribution in [1.29, 1.82) is 0 Å². The highest BCUT2D eigenvalue weighted by molar-refractivity contribution is 6.09. The van der Waals surface area contributed by atoms with Gasteiger partial charge in [-0.25, -0.2) is 4.85 Å². The highest BCUT2D eigenvalue weighted by Crippen LogP contribution is 2.30. The van der Waals surface area contributed by atoms with Gasteiger partial charge in [0.15, 0.2) is 11.5 Å². The first-order valence-electron chi connectivity index (χ1n) is 12.3. The first-order chi connectivity index (χ1) is 16.8. The number of aromatic nitrogens is 2. The molecule has 7 heteroatoms. The van der Waals surface area contributed by atoms with Gasteiger partial charge in [0.1, 0.15) is 0 Å². The third kappa shape index (κ3) is 5.13. The van der Waals surface area contributed by atoms with E-state index in [9.17, 15) is 9.59 Å². The zero-order valence-corrected chi connectivity index (χ0v) is 21.0. The Morgan fingerprint density at radius 3 is 2.46 bits per heavy atom. The second kappa shape index (κ2) is 10.4. The third-order valence-corrected chi connectivity index (χ3v) is 6.95. The molecule has 1 aromatic carbocycles. The fourth-order valence-electron chi connectivity index (χ4n) is 4.75. The van der Waals surface area contributed by atoms with Crippen LogP contribution in [0.1, 0.15) is 54.7 Å². The lowest BCUT2D eigenvalue weighted by atomic mass is 10.1. The number of benzene rings is 1. The van der Waals surface area contributed by atoms with Gasteiger partial charge in [0, 0.05) is 30.7 Å². The maximum atomic E-state index is 13.5. The van der Waals surface area contributed by atoms with Crippen molar-refractivity contribution < 1.29 is 9.59 Å². The molecule has 1 aliphatic rings. The van der Waals surface area contributed by atoms with E-state index in [0.29, 0.717) is 23.3 Å².